The van der Waals surface area contributed by atoms with Gasteiger partial charge in [0.15, 0.2) is 0 Å². The van der Waals surface area contributed by atoms with Crippen LogP contribution in [0.4, 0.5) is 0 Å². The molecule has 0 N–H and O–H groups in total. The van der Waals surface area contributed by atoms with Crippen molar-refractivity contribution in [2.24, 2.45) is 0 Å². The topological polar surface area (TPSA) is 18.5 Å². The average molecular weight is 737 g/mol. The minimum Gasteiger partial charge on any atom is -0.399 e. The zero-order valence-electron chi connectivity index (χ0n) is 32.9. The van der Waals surface area contributed by atoms with Gasteiger partial charge in [-0.25, -0.2) is 0 Å². The third-order valence-electron chi connectivity index (χ3n) is 11.7. The summed E-state index contributed by atoms with van der Waals surface area (Å²) in [7, 11) is -0.500. The van der Waals surface area contributed by atoms with Gasteiger partial charge in [-0.15, -0.1) is 0 Å². The quantitative estimate of drug-likeness (QED) is 0.145. The van der Waals surface area contributed by atoms with Crippen LogP contribution in [-0.4, -0.2) is 18.3 Å². The fourth-order valence-electron chi connectivity index (χ4n) is 7.89. The summed E-state index contributed by atoms with van der Waals surface area (Å²) < 4.78 is 13.3. The monoisotopic (exact) mass is 736 g/mol. The molecule has 1 saturated heterocycles. The lowest BCUT2D eigenvalue weighted by Gasteiger charge is -2.32. The Kier molecular flexibility index (Phi) is 9.58. The number of hydrogen-bond donors (Lipinski definition) is 0. The Morgan fingerprint density at radius 1 is 0.281 bits per heavy atom. The maximum absolute atomic E-state index is 6.65. The van der Waals surface area contributed by atoms with Crippen LogP contribution in [0.3, 0.4) is 0 Å². The van der Waals surface area contributed by atoms with E-state index in [4.69, 9.17) is 9.31 Å². The van der Waals surface area contributed by atoms with Gasteiger partial charge in [0.25, 0.3) is 0 Å². The number of benzene rings is 8. The van der Waals surface area contributed by atoms with Crippen molar-refractivity contribution in [1.82, 2.24) is 0 Å². The average Bonchev–Trinajstić information content (AvgIpc) is 3.49. The van der Waals surface area contributed by atoms with Crippen molar-refractivity contribution < 1.29 is 9.31 Å². The third kappa shape index (κ3) is 7.29. The lowest BCUT2D eigenvalue weighted by Crippen LogP contribution is -2.41. The summed E-state index contributed by atoms with van der Waals surface area (Å²) >= 11 is 0. The normalized spacial score (nSPS) is 14.4. The van der Waals surface area contributed by atoms with Crippen molar-refractivity contribution in [2.45, 2.75) is 38.9 Å². The van der Waals surface area contributed by atoms with Crippen molar-refractivity contribution in [3.8, 4) is 77.9 Å². The van der Waals surface area contributed by atoms with Crippen LogP contribution >= 0.6 is 0 Å². The van der Waals surface area contributed by atoms with Gasteiger partial charge in [-0.05, 0) is 147 Å². The second-order valence-corrected chi connectivity index (χ2v) is 16.0. The lowest BCUT2D eigenvalue weighted by atomic mass is 9.75. The Labute approximate surface area is 337 Å². The van der Waals surface area contributed by atoms with Gasteiger partial charge in [-0.2, -0.15) is 0 Å². The Morgan fingerprint density at radius 2 is 0.596 bits per heavy atom. The molecule has 0 spiro atoms. The van der Waals surface area contributed by atoms with Crippen molar-refractivity contribution in [2.75, 3.05) is 0 Å². The van der Waals surface area contributed by atoms with Gasteiger partial charge in [0.1, 0.15) is 0 Å². The molecule has 0 aliphatic carbocycles. The fourth-order valence-corrected chi connectivity index (χ4v) is 7.89. The van der Waals surface area contributed by atoms with Gasteiger partial charge in [0.05, 0.1) is 11.2 Å². The first kappa shape index (κ1) is 36.4. The highest BCUT2D eigenvalue weighted by atomic mass is 16.7. The minimum atomic E-state index is -0.500. The number of hydrogen-bond acceptors (Lipinski definition) is 2. The van der Waals surface area contributed by atoms with Gasteiger partial charge in [-0.1, -0.05) is 164 Å². The molecule has 0 aromatic heterocycles. The molecule has 2 nitrogen and oxygen atoms in total. The van der Waals surface area contributed by atoms with Crippen molar-refractivity contribution in [3.63, 3.8) is 0 Å². The van der Waals surface area contributed by atoms with E-state index in [1.165, 1.54) is 38.9 Å². The summed E-state index contributed by atoms with van der Waals surface area (Å²) in [5.74, 6) is 0. The second kappa shape index (κ2) is 15.0. The van der Waals surface area contributed by atoms with E-state index in [9.17, 15) is 0 Å². The minimum absolute atomic E-state index is 0.461. The van der Waals surface area contributed by atoms with E-state index in [0.717, 1.165) is 44.4 Å². The Hall–Kier alpha value is -6.26. The molecule has 0 unspecified atom stereocenters. The molecule has 8 aromatic carbocycles. The summed E-state index contributed by atoms with van der Waals surface area (Å²) in [6.45, 7) is 8.45. The van der Waals surface area contributed by atoms with Gasteiger partial charge in [0.2, 0.25) is 0 Å². The lowest BCUT2D eigenvalue weighted by molar-refractivity contribution is 0.00578. The highest BCUT2D eigenvalue weighted by Gasteiger charge is 2.51. The molecule has 1 aliphatic rings. The van der Waals surface area contributed by atoms with Crippen LogP contribution in [0.25, 0.3) is 77.9 Å². The molecule has 1 fully saturated rings. The molecule has 1 heterocycles. The number of rotatable bonds is 8. The summed E-state index contributed by atoms with van der Waals surface area (Å²) in [6.07, 6.45) is 0. The molecule has 0 saturated carbocycles. The largest absolute Gasteiger partial charge is 0.494 e. The molecular formula is C54H45BO2. The van der Waals surface area contributed by atoms with Crippen LogP contribution in [0.2, 0.25) is 0 Å². The molecule has 8 aromatic rings. The highest BCUT2D eigenvalue weighted by Crippen LogP contribution is 2.43. The van der Waals surface area contributed by atoms with Gasteiger partial charge >= 0.3 is 7.12 Å². The predicted octanol–water partition coefficient (Wildman–Crippen LogP) is 13.7. The molecular weight excluding hydrogens is 691 g/mol. The van der Waals surface area contributed by atoms with Crippen LogP contribution < -0.4 is 5.46 Å². The summed E-state index contributed by atoms with van der Waals surface area (Å²) in [6, 6.07) is 72.2. The van der Waals surface area contributed by atoms with E-state index in [1.54, 1.807) is 0 Å². The zero-order valence-corrected chi connectivity index (χ0v) is 32.9. The van der Waals surface area contributed by atoms with E-state index < -0.39 is 18.3 Å². The van der Waals surface area contributed by atoms with E-state index in [2.05, 4.69) is 228 Å². The smallest absolute Gasteiger partial charge is 0.399 e. The maximum atomic E-state index is 6.65. The summed E-state index contributed by atoms with van der Waals surface area (Å²) in [5.41, 5.74) is 16.3. The predicted molar refractivity (Wildman–Crippen MR) is 240 cm³/mol. The first-order valence-corrected chi connectivity index (χ1v) is 19.8. The molecule has 57 heavy (non-hydrogen) atoms. The van der Waals surface area contributed by atoms with Crippen LogP contribution in [0.15, 0.2) is 200 Å². The van der Waals surface area contributed by atoms with Crippen LogP contribution in [-0.2, 0) is 9.31 Å². The van der Waals surface area contributed by atoms with Gasteiger partial charge < -0.3 is 9.31 Å². The Bertz CT molecular complexity index is 2540. The summed E-state index contributed by atoms with van der Waals surface area (Å²) in [4.78, 5) is 0. The van der Waals surface area contributed by atoms with E-state index >= 15 is 0 Å². The molecule has 0 atom stereocenters. The molecule has 3 heteroatoms. The standard InChI is InChI=1S/C54H45BO2/c1-53(2)54(3,4)57-55(56-53)48-29-30-51(52(37-48)47-35-44(40-23-13-7-14-24-40)32-45(36-47)41-25-15-8-16-26-41)50-28-18-17-27-49(50)46-33-42(38-19-9-5-10-20-38)31-43(34-46)39-21-11-6-12-22-39/h5-37H,1-4H3. The molecule has 0 amide bonds. The zero-order chi connectivity index (χ0) is 39.0. The van der Waals surface area contributed by atoms with Crippen molar-refractivity contribution in [1.29, 1.82) is 0 Å². The third-order valence-corrected chi connectivity index (χ3v) is 11.7. The first-order chi connectivity index (χ1) is 27.7. The fraction of sp³-hybridized carbons (Fsp3) is 0.111. The second-order valence-electron chi connectivity index (χ2n) is 16.0. The molecule has 9 rings (SSSR count). The Morgan fingerprint density at radius 3 is 1.00 bits per heavy atom. The molecule has 0 radical (unpaired) electrons. The van der Waals surface area contributed by atoms with Crippen molar-refractivity contribution >= 4 is 12.6 Å². The van der Waals surface area contributed by atoms with Crippen LogP contribution in [0, 0.1) is 0 Å². The maximum Gasteiger partial charge on any atom is 0.494 e. The van der Waals surface area contributed by atoms with Gasteiger partial charge in [-0.3, -0.25) is 0 Å². The van der Waals surface area contributed by atoms with E-state index in [-0.39, 0.29) is 0 Å². The van der Waals surface area contributed by atoms with E-state index in [0.29, 0.717) is 0 Å². The van der Waals surface area contributed by atoms with Crippen LogP contribution in [0.5, 0.6) is 0 Å². The highest BCUT2D eigenvalue weighted by molar-refractivity contribution is 6.62. The molecule has 0 bridgehead atoms. The summed E-state index contributed by atoms with van der Waals surface area (Å²) in [5, 5.41) is 0. The molecule has 276 valence electrons. The Balaban J connectivity index is 1.28. The SMILES string of the molecule is CC1(C)OB(c2ccc(-c3ccccc3-c3cc(-c4ccccc4)cc(-c4ccccc4)c3)c(-c3cc(-c4ccccc4)cc(-c4ccccc4)c3)c2)OC1(C)C. The van der Waals surface area contributed by atoms with E-state index in [1.807, 2.05) is 0 Å². The van der Waals surface area contributed by atoms with Crippen LogP contribution in [0.1, 0.15) is 27.7 Å². The molecule has 1 aliphatic heterocycles. The van der Waals surface area contributed by atoms with Gasteiger partial charge in [0, 0.05) is 0 Å². The first-order valence-electron chi connectivity index (χ1n) is 19.8. The van der Waals surface area contributed by atoms with Crippen molar-refractivity contribution in [3.05, 3.63) is 200 Å².